The maximum Gasteiger partial charge on any atom is 0.371 e. The van der Waals surface area contributed by atoms with Crippen LogP contribution in [0.15, 0.2) is 40.8 Å². The molecular formula is C17H19NO5. The van der Waals surface area contributed by atoms with Crippen LogP contribution in [0.5, 0.6) is 5.75 Å². The van der Waals surface area contributed by atoms with Crippen molar-refractivity contribution in [1.82, 2.24) is 5.32 Å². The van der Waals surface area contributed by atoms with E-state index in [-0.39, 0.29) is 18.2 Å². The number of benzene rings is 1. The molecule has 1 aromatic carbocycles. The van der Waals surface area contributed by atoms with E-state index in [1.807, 2.05) is 24.3 Å². The molecule has 0 radical (unpaired) electrons. The number of nitrogens with one attached hydrogen (secondary N) is 1. The molecule has 1 amide bonds. The average Bonchev–Trinajstić information content (AvgIpc) is 3.03. The highest BCUT2D eigenvalue weighted by molar-refractivity contribution is 5.84. The number of methoxy groups -OCH3 is 1. The summed E-state index contributed by atoms with van der Waals surface area (Å²) < 4.78 is 10.2. The molecule has 6 heteroatoms. The van der Waals surface area contributed by atoms with Gasteiger partial charge in [-0.1, -0.05) is 12.1 Å². The van der Waals surface area contributed by atoms with Crippen molar-refractivity contribution < 1.29 is 23.8 Å². The summed E-state index contributed by atoms with van der Waals surface area (Å²) in [7, 11) is 1.62. The Hall–Kier alpha value is -2.76. The first kappa shape index (κ1) is 16.6. The molecule has 0 fully saturated rings. The van der Waals surface area contributed by atoms with Crippen molar-refractivity contribution in [3.8, 4) is 5.75 Å². The molecule has 1 aromatic heterocycles. The van der Waals surface area contributed by atoms with Gasteiger partial charge in [0.1, 0.15) is 11.5 Å². The predicted molar refractivity (Wildman–Crippen MR) is 83.4 cm³/mol. The molecule has 2 rings (SSSR count). The monoisotopic (exact) mass is 317 g/mol. The zero-order valence-corrected chi connectivity index (χ0v) is 12.9. The quantitative estimate of drug-likeness (QED) is 0.781. The molecule has 2 aromatic rings. The van der Waals surface area contributed by atoms with Gasteiger partial charge in [-0.15, -0.1) is 0 Å². The summed E-state index contributed by atoms with van der Waals surface area (Å²) in [6.07, 6.45) is 1.94. The van der Waals surface area contributed by atoms with Crippen LogP contribution in [-0.4, -0.2) is 24.1 Å². The summed E-state index contributed by atoms with van der Waals surface area (Å²) in [6.45, 7) is 0.189. The number of hydrogen-bond acceptors (Lipinski definition) is 4. The van der Waals surface area contributed by atoms with Gasteiger partial charge in [-0.3, -0.25) is 4.79 Å². The van der Waals surface area contributed by atoms with Crippen LogP contribution < -0.4 is 10.1 Å². The van der Waals surface area contributed by atoms with Gasteiger partial charge in [0.25, 0.3) is 0 Å². The van der Waals surface area contributed by atoms with E-state index >= 15 is 0 Å². The summed E-state index contributed by atoms with van der Waals surface area (Å²) in [4.78, 5) is 22.4. The Morgan fingerprint density at radius 1 is 1.17 bits per heavy atom. The minimum Gasteiger partial charge on any atom is -0.497 e. The van der Waals surface area contributed by atoms with Gasteiger partial charge in [0.15, 0.2) is 0 Å². The van der Waals surface area contributed by atoms with Crippen LogP contribution in [0.2, 0.25) is 0 Å². The van der Waals surface area contributed by atoms with Crippen LogP contribution in [0.4, 0.5) is 0 Å². The van der Waals surface area contributed by atoms with E-state index in [0.29, 0.717) is 12.2 Å². The molecule has 1 heterocycles. The van der Waals surface area contributed by atoms with Crippen LogP contribution in [0.1, 0.15) is 34.7 Å². The molecule has 0 aliphatic carbocycles. The normalized spacial score (nSPS) is 10.3. The largest absolute Gasteiger partial charge is 0.497 e. The van der Waals surface area contributed by atoms with E-state index in [2.05, 4.69) is 5.32 Å². The Morgan fingerprint density at radius 2 is 1.91 bits per heavy atom. The van der Waals surface area contributed by atoms with Gasteiger partial charge in [0.2, 0.25) is 11.7 Å². The number of amides is 1. The first-order chi connectivity index (χ1) is 11.1. The molecule has 0 aliphatic heterocycles. The maximum atomic E-state index is 11.8. The fourth-order valence-electron chi connectivity index (χ4n) is 2.11. The van der Waals surface area contributed by atoms with Gasteiger partial charge in [-0.25, -0.2) is 4.79 Å². The first-order valence-corrected chi connectivity index (χ1v) is 7.30. The summed E-state index contributed by atoms with van der Waals surface area (Å²) >= 11 is 0. The second-order valence-electron chi connectivity index (χ2n) is 5.05. The average molecular weight is 317 g/mol. The van der Waals surface area contributed by atoms with Gasteiger partial charge >= 0.3 is 5.97 Å². The third kappa shape index (κ3) is 5.18. The zero-order chi connectivity index (χ0) is 16.7. The summed E-state index contributed by atoms with van der Waals surface area (Å²) in [6, 6.07) is 10.7. The lowest BCUT2D eigenvalue weighted by molar-refractivity contribution is -0.121. The first-order valence-electron chi connectivity index (χ1n) is 7.30. The molecule has 0 saturated carbocycles. The second-order valence-corrected chi connectivity index (χ2v) is 5.05. The minimum absolute atomic E-state index is 0.0909. The number of ether oxygens (including phenoxy) is 1. The SMILES string of the molecule is COc1ccc(CCCC(=O)NCc2ccc(C(=O)O)o2)cc1. The van der Waals surface area contributed by atoms with Crippen molar-refractivity contribution in [1.29, 1.82) is 0 Å². The predicted octanol–water partition coefficient (Wildman–Crippen LogP) is 2.63. The van der Waals surface area contributed by atoms with Crippen molar-refractivity contribution >= 4 is 11.9 Å². The Labute approximate surface area is 134 Å². The lowest BCUT2D eigenvalue weighted by Crippen LogP contribution is -2.22. The van der Waals surface area contributed by atoms with Crippen molar-refractivity contribution in [2.24, 2.45) is 0 Å². The molecule has 0 spiro atoms. The number of aromatic carboxylic acids is 1. The highest BCUT2D eigenvalue weighted by Gasteiger charge is 2.09. The second kappa shape index (κ2) is 8.03. The number of furan rings is 1. The summed E-state index contributed by atoms with van der Waals surface area (Å²) in [5, 5.41) is 11.5. The molecule has 2 N–H and O–H groups in total. The summed E-state index contributed by atoms with van der Waals surface area (Å²) in [5.74, 6) is -0.112. The van der Waals surface area contributed by atoms with Gasteiger partial charge < -0.3 is 19.6 Å². The molecule has 0 aliphatic rings. The maximum absolute atomic E-state index is 11.8. The molecule has 0 unspecified atom stereocenters. The van der Waals surface area contributed by atoms with E-state index in [0.717, 1.165) is 24.2 Å². The standard InChI is InChI=1S/C17H19NO5/c1-22-13-7-5-12(6-8-13)3-2-4-16(19)18-11-14-9-10-15(23-14)17(20)21/h5-10H,2-4,11H2,1H3,(H,18,19)(H,20,21). The van der Waals surface area contributed by atoms with E-state index in [4.69, 9.17) is 14.3 Å². The fraction of sp³-hybridized carbons (Fsp3) is 0.294. The van der Waals surface area contributed by atoms with E-state index in [9.17, 15) is 9.59 Å². The number of carboxylic acids is 1. The Kier molecular flexibility index (Phi) is 5.80. The lowest BCUT2D eigenvalue weighted by Gasteiger charge is -2.05. The summed E-state index contributed by atoms with van der Waals surface area (Å²) in [5.41, 5.74) is 1.15. The number of carbonyl (C=O) groups excluding carboxylic acids is 1. The van der Waals surface area contributed by atoms with Crippen molar-refractivity contribution in [3.63, 3.8) is 0 Å². The molecule has 122 valence electrons. The fourth-order valence-corrected chi connectivity index (χ4v) is 2.11. The van der Waals surface area contributed by atoms with Gasteiger partial charge in [0.05, 0.1) is 13.7 Å². The molecule has 6 nitrogen and oxygen atoms in total. The Balaban J connectivity index is 1.69. The van der Waals surface area contributed by atoms with Crippen LogP contribution in [0.3, 0.4) is 0 Å². The van der Waals surface area contributed by atoms with E-state index in [1.165, 1.54) is 6.07 Å². The van der Waals surface area contributed by atoms with Crippen LogP contribution in [0.25, 0.3) is 0 Å². The van der Waals surface area contributed by atoms with Gasteiger partial charge in [0, 0.05) is 6.42 Å². The topological polar surface area (TPSA) is 88.8 Å². The molecule has 0 bridgehead atoms. The van der Waals surface area contributed by atoms with Crippen LogP contribution in [0, 0.1) is 0 Å². The van der Waals surface area contributed by atoms with Gasteiger partial charge in [-0.2, -0.15) is 0 Å². The van der Waals surface area contributed by atoms with Crippen molar-refractivity contribution in [2.45, 2.75) is 25.8 Å². The van der Waals surface area contributed by atoms with Crippen LogP contribution >= 0.6 is 0 Å². The highest BCUT2D eigenvalue weighted by atomic mass is 16.5. The minimum atomic E-state index is -1.12. The van der Waals surface area contributed by atoms with E-state index in [1.54, 1.807) is 13.2 Å². The van der Waals surface area contributed by atoms with Crippen molar-refractivity contribution in [3.05, 3.63) is 53.5 Å². The van der Waals surface area contributed by atoms with E-state index < -0.39 is 5.97 Å². The number of carbonyl (C=O) groups is 2. The number of aryl methyl sites for hydroxylation is 1. The lowest BCUT2D eigenvalue weighted by atomic mass is 10.1. The number of rotatable bonds is 8. The Morgan fingerprint density at radius 3 is 2.52 bits per heavy atom. The third-order valence-corrected chi connectivity index (χ3v) is 3.36. The smallest absolute Gasteiger partial charge is 0.371 e. The molecular weight excluding hydrogens is 298 g/mol. The Bertz CT molecular complexity index is 660. The third-order valence-electron chi connectivity index (χ3n) is 3.36. The molecule has 23 heavy (non-hydrogen) atoms. The molecule has 0 atom stereocenters. The molecule has 0 saturated heterocycles. The van der Waals surface area contributed by atoms with Crippen LogP contribution in [-0.2, 0) is 17.8 Å². The van der Waals surface area contributed by atoms with Crippen molar-refractivity contribution in [2.75, 3.05) is 7.11 Å². The van der Waals surface area contributed by atoms with Gasteiger partial charge in [-0.05, 0) is 42.7 Å². The number of carboxylic acid groups (broad SMARTS) is 1. The zero-order valence-electron chi connectivity index (χ0n) is 12.9. The number of hydrogen-bond donors (Lipinski definition) is 2. The highest BCUT2D eigenvalue weighted by Crippen LogP contribution is 2.13.